The van der Waals surface area contributed by atoms with Crippen molar-refractivity contribution in [1.29, 1.82) is 0 Å². The number of allylic oxidation sites excluding steroid dienone is 1. The van der Waals surface area contributed by atoms with Crippen LogP contribution in [-0.4, -0.2) is 4.98 Å². The Bertz CT molecular complexity index is 700. The van der Waals surface area contributed by atoms with E-state index in [4.69, 9.17) is 11.6 Å². The maximum atomic E-state index is 6.09. The fourth-order valence-electron chi connectivity index (χ4n) is 4.49. The molecule has 3 atom stereocenters. The Hall–Kier alpha value is -1.60. The molecular weight excluding hydrogens is 290 g/mol. The topological polar surface area (TPSA) is 12.9 Å². The number of pyridine rings is 1. The standard InChI is InChI=1S/C20H20ClN/c1-14-12-20(16-5-7-18(21)8-6-16)13-15(14)10-17(20)11-19-4-2-3-9-22-19/h2-9,11,14-15H,10,12-13H2,1H3/b17-11+/t14-,15-,20-/m0/s1. The summed E-state index contributed by atoms with van der Waals surface area (Å²) < 4.78 is 0. The fourth-order valence-corrected chi connectivity index (χ4v) is 4.61. The van der Waals surface area contributed by atoms with Crippen LogP contribution in [0, 0.1) is 11.8 Å². The number of fused-ring (bicyclic) bond motifs is 2. The molecule has 0 radical (unpaired) electrons. The molecule has 0 saturated heterocycles. The summed E-state index contributed by atoms with van der Waals surface area (Å²) in [6, 6.07) is 14.6. The lowest BCUT2D eigenvalue weighted by Gasteiger charge is -2.32. The molecule has 0 amide bonds. The molecule has 1 aromatic heterocycles. The number of aromatic nitrogens is 1. The molecule has 0 unspecified atom stereocenters. The van der Waals surface area contributed by atoms with Crippen LogP contribution in [0.25, 0.3) is 6.08 Å². The molecule has 2 aliphatic rings. The number of hydrogen-bond donors (Lipinski definition) is 0. The second-order valence-corrected chi connectivity index (χ2v) is 7.30. The molecule has 0 N–H and O–H groups in total. The molecule has 2 saturated carbocycles. The van der Waals surface area contributed by atoms with Crippen LogP contribution in [0.2, 0.25) is 5.02 Å². The van der Waals surface area contributed by atoms with Crippen LogP contribution in [0.3, 0.4) is 0 Å². The van der Waals surface area contributed by atoms with Crippen LogP contribution < -0.4 is 0 Å². The normalized spacial score (nSPS) is 31.8. The Labute approximate surface area is 137 Å². The summed E-state index contributed by atoms with van der Waals surface area (Å²) in [5.41, 5.74) is 4.25. The third-order valence-electron chi connectivity index (χ3n) is 5.59. The van der Waals surface area contributed by atoms with Gasteiger partial charge in [-0.15, -0.1) is 0 Å². The van der Waals surface area contributed by atoms with Gasteiger partial charge in [0.25, 0.3) is 0 Å². The monoisotopic (exact) mass is 309 g/mol. The van der Waals surface area contributed by atoms with Crippen LogP contribution in [0.1, 0.15) is 37.4 Å². The molecule has 2 heteroatoms. The van der Waals surface area contributed by atoms with Gasteiger partial charge in [-0.1, -0.05) is 42.3 Å². The maximum Gasteiger partial charge on any atom is 0.0629 e. The summed E-state index contributed by atoms with van der Waals surface area (Å²) in [5.74, 6) is 1.61. The average Bonchev–Trinajstić information content (AvgIpc) is 3.04. The van der Waals surface area contributed by atoms with E-state index in [9.17, 15) is 0 Å². The zero-order valence-corrected chi connectivity index (χ0v) is 13.6. The highest BCUT2D eigenvalue weighted by molar-refractivity contribution is 6.30. The minimum Gasteiger partial charge on any atom is -0.257 e. The highest BCUT2D eigenvalue weighted by Gasteiger charge is 2.52. The molecule has 2 aromatic rings. The molecule has 0 spiro atoms. The Morgan fingerprint density at radius 1 is 1.14 bits per heavy atom. The second-order valence-electron chi connectivity index (χ2n) is 6.86. The first kappa shape index (κ1) is 14.0. The number of rotatable bonds is 2. The Morgan fingerprint density at radius 3 is 2.64 bits per heavy atom. The van der Waals surface area contributed by atoms with Crippen molar-refractivity contribution in [2.75, 3.05) is 0 Å². The SMILES string of the molecule is C[C@H]1C[C@@]2(c3ccc(Cl)cc3)C[C@@H]1C/C2=C\c1ccccn1. The Morgan fingerprint density at radius 2 is 1.95 bits per heavy atom. The van der Waals surface area contributed by atoms with Gasteiger partial charge >= 0.3 is 0 Å². The summed E-state index contributed by atoms with van der Waals surface area (Å²) in [4.78, 5) is 4.49. The molecule has 2 fully saturated rings. The second kappa shape index (κ2) is 5.24. The van der Waals surface area contributed by atoms with E-state index in [2.05, 4.69) is 42.2 Å². The summed E-state index contributed by atoms with van der Waals surface area (Å²) >= 11 is 6.09. The molecule has 1 nitrogen and oxygen atoms in total. The lowest BCUT2D eigenvalue weighted by molar-refractivity contribution is 0.393. The largest absolute Gasteiger partial charge is 0.257 e. The molecule has 2 aliphatic carbocycles. The van der Waals surface area contributed by atoms with Crippen LogP contribution in [0.15, 0.2) is 54.2 Å². The van der Waals surface area contributed by atoms with E-state index in [1.165, 1.54) is 24.8 Å². The van der Waals surface area contributed by atoms with Gasteiger partial charge in [0, 0.05) is 16.6 Å². The predicted molar refractivity (Wildman–Crippen MR) is 91.8 cm³/mol. The minimum absolute atomic E-state index is 0.201. The van der Waals surface area contributed by atoms with Gasteiger partial charge in [-0.05, 0) is 67.0 Å². The number of hydrogen-bond acceptors (Lipinski definition) is 1. The van der Waals surface area contributed by atoms with Crippen LogP contribution in [0.4, 0.5) is 0 Å². The third kappa shape index (κ3) is 2.19. The van der Waals surface area contributed by atoms with Crippen molar-refractivity contribution in [2.45, 2.75) is 31.6 Å². The molecule has 22 heavy (non-hydrogen) atoms. The Kier molecular flexibility index (Phi) is 3.34. The van der Waals surface area contributed by atoms with Crippen molar-refractivity contribution >= 4 is 17.7 Å². The number of halogens is 1. The summed E-state index contributed by atoms with van der Waals surface area (Å²) in [5, 5.41) is 0.816. The van der Waals surface area contributed by atoms with Crippen LogP contribution >= 0.6 is 11.6 Å². The van der Waals surface area contributed by atoms with Crippen molar-refractivity contribution in [3.8, 4) is 0 Å². The molecular formula is C20H20ClN. The smallest absolute Gasteiger partial charge is 0.0629 e. The maximum absolute atomic E-state index is 6.09. The first-order valence-electron chi connectivity index (χ1n) is 8.05. The van der Waals surface area contributed by atoms with Gasteiger partial charge < -0.3 is 0 Å². The molecule has 0 aliphatic heterocycles. The molecule has 2 bridgehead atoms. The summed E-state index contributed by atoms with van der Waals surface area (Å²) in [6.45, 7) is 2.40. The quantitative estimate of drug-likeness (QED) is 0.713. The predicted octanol–water partition coefficient (Wildman–Crippen LogP) is 5.51. The van der Waals surface area contributed by atoms with Crippen LogP contribution in [-0.2, 0) is 5.41 Å². The van der Waals surface area contributed by atoms with E-state index >= 15 is 0 Å². The number of nitrogens with zero attached hydrogens (tertiary/aromatic N) is 1. The lowest BCUT2D eigenvalue weighted by atomic mass is 9.71. The Balaban J connectivity index is 1.79. The van der Waals surface area contributed by atoms with Gasteiger partial charge in [0.1, 0.15) is 0 Å². The molecule has 4 rings (SSSR count). The first-order valence-corrected chi connectivity index (χ1v) is 8.43. The highest BCUT2D eigenvalue weighted by Crippen LogP contribution is 2.61. The highest BCUT2D eigenvalue weighted by atomic mass is 35.5. The average molecular weight is 310 g/mol. The van der Waals surface area contributed by atoms with Crippen molar-refractivity contribution in [3.05, 3.63) is 70.5 Å². The van der Waals surface area contributed by atoms with Crippen molar-refractivity contribution < 1.29 is 0 Å². The molecule has 1 aromatic carbocycles. The van der Waals surface area contributed by atoms with Gasteiger partial charge in [0.05, 0.1) is 5.69 Å². The zero-order chi connectivity index (χ0) is 15.2. The van der Waals surface area contributed by atoms with E-state index in [-0.39, 0.29) is 5.41 Å². The molecule has 112 valence electrons. The van der Waals surface area contributed by atoms with Crippen molar-refractivity contribution in [2.24, 2.45) is 11.8 Å². The van der Waals surface area contributed by atoms with Crippen LogP contribution in [0.5, 0.6) is 0 Å². The third-order valence-corrected chi connectivity index (χ3v) is 5.84. The zero-order valence-electron chi connectivity index (χ0n) is 12.8. The van der Waals surface area contributed by atoms with E-state index in [1.807, 2.05) is 24.4 Å². The summed E-state index contributed by atoms with van der Waals surface area (Å²) in [7, 11) is 0. The van der Waals surface area contributed by atoms with Gasteiger partial charge in [0.2, 0.25) is 0 Å². The van der Waals surface area contributed by atoms with Gasteiger partial charge in [0.15, 0.2) is 0 Å². The molecule has 1 heterocycles. The van der Waals surface area contributed by atoms with Gasteiger partial charge in [-0.25, -0.2) is 0 Å². The first-order chi connectivity index (χ1) is 10.7. The minimum atomic E-state index is 0.201. The van der Waals surface area contributed by atoms with Crippen molar-refractivity contribution in [1.82, 2.24) is 4.98 Å². The van der Waals surface area contributed by atoms with Gasteiger partial charge in [-0.2, -0.15) is 0 Å². The summed E-state index contributed by atoms with van der Waals surface area (Å²) in [6.07, 6.45) is 7.92. The fraction of sp³-hybridized carbons (Fsp3) is 0.350. The van der Waals surface area contributed by atoms with Gasteiger partial charge in [-0.3, -0.25) is 4.98 Å². The van der Waals surface area contributed by atoms with Crippen molar-refractivity contribution in [3.63, 3.8) is 0 Å². The van der Waals surface area contributed by atoms with E-state index < -0.39 is 0 Å². The van der Waals surface area contributed by atoms with E-state index in [0.717, 1.165) is 22.6 Å². The lowest BCUT2D eigenvalue weighted by Crippen LogP contribution is -2.24. The van der Waals surface area contributed by atoms with E-state index in [1.54, 1.807) is 5.57 Å². The van der Waals surface area contributed by atoms with E-state index in [0.29, 0.717) is 0 Å². The number of benzene rings is 1.